The standard InChI is InChI=1S/C28H22F2N4O4S2/c1-34(2)40(37,38)23-5-3-4-19(13-23)24-10-11-32-27-8-6-18(14-25(24)27)20-12-22(17-31-16-20)33-39(35,36)28-9-7-21(29)15-26(28)30/h3-17,33H,1-2H3. The fourth-order valence-electron chi connectivity index (χ4n) is 4.17. The Morgan fingerprint density at radius 3 is 2.35 bits per heavy atom. The van der Waals surface area contributed by atoms with E-state index in [1.54, 1.807) is 36.5 Å². The maximum absolute atomic E-state index is 14.1. The molecule has 0 aliphatic heterocycles. The highest BCUT2D eigenvalue weighted by Crippen LogP contribution is 2.33. The van der Waals surface area contributed by atoms with E-state index in [0.717, 1.165) is 27.4 Å². The lowest BCUT2D eigenvalue weighted by atomic mass is 9.98. The van der Waals surface area contributed by atoms with Crippen LogP contribution in [-0.2, 0) is 20.0 Å². The van der Waals surface area contributed by atoms with Gasteiger partial charge in [-0.05, 0) is 65.2 Å². The average Bonchev–Trinajstić information content (AvgIpc) is 2.92. The third-order valence-electron chi connectivity index (χ3n) is 6.17. The highest BCUT2D eigenvalue weighted by Gasteiger charge is 2.21. The van der Waals surface area contributed by atoms with E-state index in [2.05, 4.69) is 14.7 Å². The van der Waals surface area contributed by atoms with Gasteiger partial charge in [0.1, 0.15) is 16.5 Å². The third-order valence-corrected chi connectivity index (χ3v) is 9.40. The van der Waals surface area contributed by atoms with Crippen molar-refractivity contribution in [2.45, 2.75) is 9.79 Å². The minimum Gasteiger partial charge on any atom is -0.278 e. The minimum atomic E-state index is -4.35. The lowest BCUT2D eigenvalue weighted by molar-refractivity contribution is 0.520. The largest absolute Gasteiger partial charge is 0.278 e. The molecule has 5 rings (SSSR count). The van der Waals surface area contributed by atoms with Gasteiger partial charge in [-0.1, -0.05) is 18.2 Å². The van der Waals surface area contributed by atoms with Crippen LogP contribution in [0.5, 0.6) is 0 Å². The highest BCUT2D eigenvalue weighted by molar-refractivity contribution is 7.92. The van der Waals surface area contributed by atoms with Crippen molar-refractivity contribution in [1.82, 2.24) is 14.3 Å². The lowest BCUT2D eigenvalue weighted by Crippen LogP contribution is -2.22. The third kappa shape index (κ3) is 5.28. The summed E-state index contributed by atoms with van der Waals surface area (Å²) in [5.74, 6) is -2.11. The van der Waals surface area contributed by atoms with E-state index >= 15 is 0 Å². The Morgan fingerprint density at radius 1 is 0.800 bits per heavy atom. The Labute approximate surface area is 230 Å². The van der Waals surface area contributed by atoms with Crippen molar-refractivity contribution in [2.24, 2.45) is 0 Å². The predicted octanol–water partition coefficient (Wildman–Crippen LogP) is 5.29. The molecule has 3 aromatic carbocycles. The van der Waals surface area contributed by atoms with Crippen molar-refractivity contribution >= 4 is 36.6 Å². The van der Waals surface area contributed by atoms with E-state index in [1.807, 2.05) is 12.1 Å². The molecular weight excluding hydrogens is 558 g/mol. The van der Waals surface area contributed by atoms with Crippen molar-refractivity contribution in [3.8, 4) is 22.3 Å². The number of anilines is 1. The van der Waals surface area contributed by atoms with E-state index in [-0.39, 0.29) is 10.6 Å². The molecule has 0 unspecified atom stereocenters. The van der Waals surface area contributed by atoms with E-state index in [1.165, 1.54) is 38.6 Å². The summed E-state index contributed by atoms with van der Waals surface area (Å²) < 4.78 is 81.7. The highest BCUT2D eigenvalue weighted by atomic mass is 32.2. The summed E-state index contributed by atoms with van der Waals surface area (Å²) in [6.07, 6.45) is 4.45. The van der Waals surface area contributed by atoms with Crippen molar-refractivity contribution in [1.29, 1.82) is 0 Å². The topological polar surface area (TPSA) is 109 Å². The van der Waals surface area contributed by atoms with Crippen molar-refractivity contribution in [3.05, 3.63) is 103 Å². The zero-order valence-corrected chi connectivity index (χ0v) is 22.8. The van der Waals surface area contributed by atoms with Crippen LogP contribution < -0.4 is 4.72 Å². The fourth-order valence-corrected chi connectivity index (χ4v) is 6.21. The molecule has 0 fully saturated rings. The number of nitrogens with one attached hydrogen (secondary N) is 1. The molecule has 0 saturated carbocycles. The Balaban J connectivity index is 1.54. The number of pyridine rings is 2. The van der Waals surface area contributed by atoms with Gasteiger partial charge in [0.05, 0.1) is 22.3 Å². The molecule has 0 bridgehead atoms. The van der Waals surface area contributed by atoms with Gasteiger partial charge in [0.2, 0.25) is 10.0 Å². The number of nitrogens with zero attached hydrogens (tertiary/aromatic N) is 3. The normalized spacial score (nSPS) is 12.1. The first-order chi connectivity index (χ1) is 19.0. The molecule has 40 heavy (non-hydrogen) atoms. The molecule has 5 aromatic rings. The van der Waals surface area contributed by atoms with Crippen LogP contribution in [0.25, 0.3) is 33.2 Å². The number of hydrogen-bond acceptors (Lipinski definition) is 6. The molecule has 0 radical (unpaired) electrons. The number of sulfonamides is 2. The molecule has 0 aliphatic carbocycles. The first-order valence-corrected chi connectivity index (χ1v) is 14.7. The zero-order valence-electron chi connectivity index (χ0n) is 21.2. The predicted molar refractivity (Wildman–Crippen MR) is 148 cm³/mol. The lowest BCUT2D eigenvalue weighted by Gasteiger charge is -2.14. The summed E-state index contributed by atoms with van der Waals surface area (Å²) in [7, 11) is -5.07. The molecule has 0 amide bonds. The smallest absolute Gasteiger partial charge is 0.264 e. The van der Waals surface area contributed by atoms with Gasteiger partial charge < -0.3 is 0 Å². The van der Waals surface area contributed by atoms with Crippen LogP contribution in [0.15, 0.2) is 101 Å². The molecule has 204 valence electrons. The Morgan fingerprint density at radius 2 is 1.60 bits per heavy atom. The van der Waals surface area contributed by atoms with Gasteiger partial charge in [-0.2, -0.15) is 0 Å². The van der Waals surface area contributed by atoms with E-state index in [0.29, 0.717) is 28.3 Å². The Hall–Kier alpha value is -4.26. The van der Waals surface area contributed by atoms with Crippen LogP contribution >= 0.6 is 0 Å². The van der Waals surface area contributed by atoms with Crippen LogP contribution in [0.3, 0.4) is 0 Å². The van der Waals surface area contributed by atoms with Crippen LogP contribution in [-0.4, -0.2) is 45.2 Å². The van der Waals surface area contributed by atoms with E-state index < -0.39 is 36.6 Å². The molecule has 0 spiro atoms. The molecular formula is C28H22F2N4O4S2. The SMILES string of the molecule is CN(C)S(=O)(=O)c1cccc(-c2ccnc3ccc(-c4cncc(NS(=O)(=O)c5ccc(F)cc5F)c4)cc23)c1. The van der Waals surface area contributed by atoms with Gasteiger partial charge in [-0.25, -0.2) is 29.9 Å². The molecule has 1 N–H and O–H groups in total. The number of fused-ring (bicyclic) bond motifs is 1. The summed E-state index contributed by atoms with van der Waals surface area (Å²) in [4.78, 5) is 8.00. The number of aromatic nitrogens is 2. The molecule has 2 aromatic heterocycles. The summed E-state index contributed by atoms with van der Waals surface area (Å²) in [6, 6.07) is 17.6. The summed E-state index contributed by atoms with van der Waals surface area (Å²) in [5, 5.41) is 0.735. The monoisotopic (exact) mass is 580 g/mol. The molecule has 12 heteroatoms. The number of benzene rings is 3. The van der Waals surface area contributed by atoms with Gasteiger partial charge in [-0.15, -0.1) is 0 Å². The second-order valence-corrected chi connectivity index (χ2v) is 12.9. The average molecular weight is 581 g/mol. The first-order valence-electron chi connectivity index (χ1n) is 11.8. The second-order valence-electron chi connectivity index (χ2n) is 9.05. The summed E-state index contributed by atoms with van der Waals surface area (Å²) >= 11 is 0. The van der Waals surface area contributed by atoms with Crippen LogP contribution in [0, 0.1) is 11.6 Å². The van der Waals surface area contributed by atoms with Crippen LogP contribution in [0.1, 0.15) is 0 Å². The zero-order chi connectivity index (χ0) is 28.7. The molecule has 8 nitrogen and oxygen atoms in total. The van der Waals surface area contributed by atoms with Crippen LogP contribution in [0.4, 0.5) is 14.5 Å². The number of rotatable bonds is 7. The maximum atomic E-state index is 14.1. The first kappa shape index (κ1) is 27.3. The van der Waals surface area contributed by atoms with E-state index in [9.17, 15) is 25.6 Å². The van der Waals surface area contributed by atoms with Crippen LogP contribution in [0.2, 0.25) is 0 Å². The Kier molecular flexibility index (Phi) is 7.08. The van der Waals surface area contributed by atoms with Gasteiger partial charge in [-0.3, -0.25) is 14.7 Å². The van der Waals surface area contributed by atoms with Crippen molar-refractivity contribution in [2.75, 3.05) is 18.8 Å². The van der Waals surface area contributed by atoms with Gasteiger partial charge in [0.25, 0.3) is 10.0 Å². The molecule has 2 heterocycles. The minimum absolute atomic E-state index is 0.0781. The number of halogens is 2. The van der Waals surface area contributed by atoms with E-state index in [4.69, 9.17) is 0 Å². The quantitative estimate of drug-likeness (QED) is 0.280. The van der Waals surface area contributed by atoms with Gasteiger partial charge >= 0.3 is 0 Å². The fraction of sp³-hybridized carbons (Fsp3) is 0.0714. The summed E-state index contributed by atoms with van der Waals surface area (Å²) in [6.45, 7) is 0. The molecule has 0 atom stereocenters. The van der Waals surface area contributed by atoms with Crippen molar-refractivity contribution < 1.29 is 25.6 Å². The van der Waals surface area contributed by atoms with Gasteiger partial charge in [0.15, 0.2) is 0 Å². The number of hydrogen-bond donors (Lipinski definition) is 1. The second kappa shape index (κ2) is 10.4. The maximum Gasteiger partial charge on any atom is 0.264 e. The van der Waals surface area contributed by atoms with Gasteiger partial charge in [0, 0.05) is 43.5 Å². The van der Waals surface area contributed by atoms with Crippen molar-refractivity contribution in [3.63, 3.8) is 0 Å². The summed E-state index contributed by atoms with van der Waals surface area (Å²) in [5.41, 5.74) is 3.40. The Bertz CT molecular complexity index is 1980. The molecule has 0 saturated heterocycles. The molecule has 0 aliphatic rings.